The zero-order valence-electron chi connectivity index (χ0n) is 16.9. The van der Waals surface area contributed by atoms with Crippen LogP contribution < -0.4 is 10.1 Å². The second-order valence-corrected chi connectivity index (χ2v) is 6.80. The largest absolute Gasteiger partial charge is 0.489 e. The van der Waals surface area contributed by atoms with Crippen LogP contribution in [0.4, 0.5) is 14.9 Å². The van der Waals surface area contributed by atoms with E-state index in [-0.39, 0.29) is 5.82 Å². The number of halogens is 1. The van der Waals surface area contributed by atoms with Gasteiger partial charge in [-0.2, -0.15) is 0 Å². The smallest absolute Gasteiger partial charge is 0.411 e. The molecule has 0 atom stereocenters. The van der Waals surface area contributed by atoms with Gasteiger partial charge in [-0.3, -0.25) is 10.3 Å². The lowest BCUT2D eigenvalue weighted by Gasteiger charge is -2.17. The molecule has 0 bridgehead atoms. The molecule has 0 unspecified atom stereocenters. The average molecular weight is 394 g/mol. The molecule has 0 aliphatic carbocycles. The minimum atomic E-state index is -0.528. The van der Waals surface area contributed by atoms with Gasteiger partial charge in [0.1, 0.15) is 18.2 Å². The molecule has 1 N–H and O–H groups in total. The number of nitrogens with zero attached hydrogens (tertiary/aromatic N) is 1. The number of hydrogen-bond acceptors (Lipinski definition) is 4. The molecule has 1 aromatic heterocycles. The van der Waals surface area contributed by atoms with E-state index >= 15 is 0 Å². The maximum Gasteiger partial charge on any atom is 0.411 e. The van der Waals surface area contributed by atoms with Crippen LogP contribution in [0.15, 0.2) is 48.7 Å². The summed E-state index contributed by atoms with van der Waals surface area (Å²) in [6, 6.07) is 12.6. The maximum atomic E-state index is 13.2. The van der Waals surface area contributed by atoms with Gasteiger partial charge < -0.3 is 9.47 Å². The maximum absolute atomic E-state index is 13.2. The van der Waals surface area contributed by atoms with Crippen LogP contribution in [0.3, 0.4) is 0 Å². The molecule has 3 rings (SSSR count). The number of anilines is 1. The van der Waals surface area contributed by atoms with Crippen molar-refractivity contribution in [1.29, 1.82) is 0 Å². The number of benzene rings is 2. The van der Waals surface area contributed by atoms with Gasteiger partial charge in [0.15, 0.2) is 0 Å². The molecule has 0 aliphatic heterocycles. The molecule has 5 nitrogen and oxygen atoms in total. The first-order valence-corrected chi connectivity index (χ1v) is 9.18. The predicted molar refractivity (Wildman–Crippen MR) is 111 cm³/mol. The Morgan fingerprint density at radius 1 is 1.07 bits per heavy atom. The molecule has 0 radical (unpaired) electrons. The zero-order valence-corrected chi connectivity index (χ0v) is 16.9. The molecule has 0 saturated carbocycles. The average Bonchev–Trinajstić information content (AvgIpc) is 2.70. The minimum absolute atomic E-state index is 0.292. The van der Waals surface area contributed by atoms with Crippen molar-refractivity contribution in [3.05, 3.63) is 76.7 Å². The summed E-state index contributed by atoms with van der Waals surface area (Å²) in [6.45, 7) is 6.17. The number of hydrogen-bond donors (Lipinski definition) is 1. The number of carbonyl (C=O) groups is 1. The number of nitrogens with one attached hydrogen (secondary N) is 1. The molecule has 2 aromatic carbocycles. The van der Waals surface area contributed by atoms with Crippen molar-refractivity contribution in [3.63, 3.8) is 0 Å². The molecular weight excluding hydrogens is 371 g/mol. The molecule has 1 amide bonds. The van der Waals surface area contributed by atoms with Crippen LogP contribution in [0.25, 0.3) is 11.3 Å². The zero-order chi connectivity index (χ0) is 21.0. The van der Waals surface area contributed by atoms with Gasteiger partial charge >= 0.3 is 6.09 Å². The first-order chi connectivity index (χ1) is 13.9. The van der Waals surface area contributed by atoms with Gasteiger partial charge in [-0.25, -0.2) is 9.18 Å². The third kappa shape index (κ3) is 4.71. The standard InChI is InChI=1S/C23H23FN2O3/c1-14-6-5-7-21(26-23(27)28-4)19(14)13-29-22-11-15(2)18(10-16(22)3)20-9-8-17(24)12-25-20/h5-12H,13H2,1-4H3,(H,26,27). The molecule has 29 heavy (non-hydrogen) atoms. The lowest BCUT2D eigenvalue weighted by Crippen LogP contribution is -2.14. The van der Waals surface area contributed by atoms with E-state index in [1.165, 1.54) is 19.4 Å². The van der Waals surface area contributed by atoms with E-state index in [2.05, 4.69) is 15.0 Å². The van der Waals surface area contributed by atoms with Gasteiger partial charge in [0, 0.05) is 11.1 Å². The summed E-state index contributed by atoms with van der Waals surface area (Å²) in [4.78, 5) is 15.8. The van der Waals surface area contributed by atoms with Crippen molar-refractivity contribution < 1.29 is 18.7 Å². The van der Waals surface area contributed by atoms with E-state index in [0.717, 1.165) is 33.6 Å². The molecule has 1 heterocycles. The number of pyridine rings is 1. The normalized spacial score (nSPS) is 10.5. The fourth-order valence-electron chi connectivity index (χ4n) is 3.08. The highest BCUT2D eigenvalue weighted by Crippen LogP contribution is 2.30. The van der Waals surface area contributed by atoms with Crippen molar-refractivity contribution in [2.24, 2.45) is 0 Å². The molecule has 0 spiro atoms. The van der Waals surface area contributed by atoms with Gasteiger partial charge in [-0.15, -0.1) is 0 Å². The quantitative estimate of drug-likeness (QED) is 0.615. The Morgan fingerprint density at radius 3 is 2.55 bits per heavy atom. The van der Waals surface area contributed by atoms with Gasteiger partial charge in [-0.05, 0) is 67.8 Å². The Kier molecular flexibility index (Phi) is 6.12. The first kappa shape index (κ1) is 20.3. The lowest BCUT2D eigenvalue weighted by molar-refractivity contribution is 0.187. The summed E-state index contributed by atoms with van der Waals surface area (Å²) in [5, 5.41) is 2.72. The summed E-state index contributed by atoms with van der Waals surface area (Å²) in [7, 11) is 1.32. The highest BCUT2D eigenvalue weighted by molar-refractivity contribution is 5.85. The molecule has 0 aliphatic rings. The third-order valence-corrected chi connectivity index (χ3v) is 4.73. The van der Waals surface area contributed by atoms with Crippen molar-refractivity contribution in [2.45, 2.75) is 27.4 Å². The van der Waals surface area contributed by atoms with Crippen molar-refractivity contribution in [3.8, 4) is 17.0 Å². The Bertz CT molecular complexity index is 1030. The molecule has 6 heteroatoms. The summed E-state index contributed by atoms with van der Waals surface area (Å²) < 4.78 is 23.9. The summed E-state index contributed by atoms with van der Waals surface area (Å²) in [6.07, 6.45) is 0.683. The van der Waals surface area contributed by atoms with Gasteiger partial charge in [0.25, 0.3) is 0 Å². The Hall–Kier alpha value is -3.41. The summed E-state index contributed by atoms with van der Waals surface area (Å²) in [5.41, 5.74) is 6.08. The van der Waals surface area contributed by atoms with Gasteiger partial charge in [0.2, 0.25) is 0 Å². The van der Waals surface area contributed by atoms with E-state index in [9.17, 15) is 9.18 Å². The van der Waals surface area contributed by atoms with Crippen molar-refractivity contribution >= 4 is 11.8 Å². The first-order valence-electron chi connectivity index (χ1n) is 9.18. The Morgan fingerprint density at radius 2 is 1.86 bits per heavy atom. The number of aryl methyl sites for hydroxylation is 3. The van der Waals surface area contributed by atoms with E-state index < -0.39 is 6.09 Å². The fraction of sp³-hybridized carbons (Fsp3) is 0.217. The lowest BCUT2D eigenvalue weighted by atomic mass is 10.0. The molecular formula is C23H23FN2O3. The van der Waals surface area contributed by atoms with Crippen LogP contribution >= 0.6 is 0 Å². The fourth-order valence-corrected chi connectivity index (χ4v) is 3.08. The Balaban J connectivity index is 1.84. The number of amides is 1. The van der Waals surface area contributed by atoms with Crippen molar-refractivity contribution in [1.82, 2.24) is 4.98 Å². The monoisotopic (exact) mass is 394 g/mol. The summed E-state index contributed by atoms with van der Waals surface area (Å²) >= 11 is 0. The van der Waals surface area contributed by atoms with Gasteiger partial charge in [0.05, 0.1) is 24.7 Å². The van der Waals surface area contributed by atoms with Crippen LogP contribution in [-0.4, -0.2) is 18.2 Å². The SMILES string of the molecule is COC(=O)Nc1cccc(C)c1COc1cc(C)c(-c2ccc(F)cn2)cc1C. The number of methoxy groups -OCH3 is 1. The number of ether oxygens (including phenoxy) is 2. The highest BCUT2D eigenvalue weighted by Gasteiger charge is 2.13. The van der Waals surface area contributed by atoms with Crippen LogP contribution in [0.1, 0.15) is 22.3 Å². The second kappa shape index (κ2) is 8.73. The topological polar surface area (TPSA) is 60.5 Å². The van der Waals surface area contributed by atoms with E-state index in [1.807, 2.05) is 51.1 Å². The van der Waals surface area contributed by atoms with E-state index in [0.29, 0.717) is 18.0 Å². The second-order valence-electron chi connectivity index (χ2n) is 6.80. The predicted octanol–water partition coefficient (Wildman–Crippen LogP) is 5.57. The number of aromatic nitrogens is 1. The minimum Gasteiger partial charge on any atom is -0.489 e. The third-order valence-electron chi connectivity index (χ3n) is 4.73. The molecule has 3 aromatic rings. The molecule has 0 saturated heterocycles. The number of carbonyl (C=O) groups excluding carboxylic acids is 1. The molecule has 0 fully saturated rings. The van der Waals surface area contributed by atoms with Gasteiger partial charge in [-0.1, -0.05) is 12.1 Å². The summed E-state index contributed by atoms with van der Waals surface area (Å²) in [5.74, 6) is 0.373. The van der Waals surface area contributed by atoms with Crippen LogP contribution in [0.2, 0.25) is 0 Å². The van der Waals surface area contributed by atoms with Crippen LogP contribution in [0, 0.1) is 26.6 Å². The van der Waals surface area contributed by atoms with Crippen molar-refractivity contribution in [2.75, 3.05) is 12.4 Å². The van der Waals surface area contributed by atoms with Crippen LogP contribution in [-0.2, 0) is 11.3 Å². The van der Waals surface area contributed by atoms with Crippen LogP contribution in [0.5, 0.6) is 5.75 Å². The highest BCUT2D eigenvalue weighted by atomic mass is 19.1. The van der Waals surface area contributed by atoms with E-state index in [4.69, 9.17) is 4.74 Å². The number of rotatable bonds is 5. The van der Waals surface area contributed by atoms with E-state index in [1.54, 1.807) is 6.07 Å². The Labute approximate surface area is 169 Å². The molecule has 150 valence electrons.